The van der Waals surface area contributed by atoms with E-state index in [4.69, 9.17) is 16.3 Å². The molecule has 2 aromatic carbocycles. The quantitative estimate of drug-likeness (QED) is 0.683. The number of hydrogen-bond donors (Lipinski definition) is 1. The lowest BCUT2D eigenvalue weighted by Gasteiger charge is -2.20. The molecule has 0 aliphatic heterocycles. The molecule has 0 amide bonds. The Morgan fingerprint density at radius 1 is 1.13 bits per heavy atom. The van der Waals surface area contributed by atoms with Gasteiger partial charge in [-0.25, -0.2) is 4.79 Å². The second-order valence-corrected chi connectivity index (χ2v) is 5.24. The summed E-state index contributed by atoms with van der Waals surface area (Å²) in [6, 6.07) is 9.51. The van der Waals surface area contributed by atoms with Crippen LogP contribution < -0.4 is 0 Å². The van der Waals surface area contributed by atoms with Crippen molar-refractivity contribution in [3.05, 3.63) is 63.7 Å². The summed E-state index contributed by atoms with van der Waals surface area (Å²) in [4.78, 5) is 23.6. The van der Waals surface area contributed by atoms with Crippen molar-refractivity contribution in [2.24, 2.45) is 0 Å². The van der Waals surface area contributed by atoms with Crippen molar-refractivity contribution in [3.63, 3.8) is 0 Å². The Morgan fingerprint density at radius 3 is 2.57 bits per heavy atom. The van der Waals surface area contributed by atoms with Crippen LogP contribution in [0.2, 0.25) is 5.02 Å². The van der Waals surface area contributed by atoms with Crippen molar-refractivity contribution in [1.82, 2.24) is 0 Å². The van der Waals surface area contributed by atoms with E-state index in [1.165, 1.54) is 19.2 Å². The van der Waals surface area contributed by atoms with Gasteiger partial charge in [0.2, 0.25) is 0 Å². The molecule has 3 rings (SSSR count). The molecule has 116 valence electrons. The molecular weight excluding hydrogens is 320 g/mol. The van der Waals surface area contributed by atoms with E-state index < -0.39 is 6.16 Å². The molecule has 1 aliphatic rings. The molecule has 0 unspecified atom stereocenters. The number of ether oxygens (including phenoxy) is 2. The minimum Gasteiger partial charge on any atom is -0.507 e. The molecule has 5 nitrogen and oxygen atoms in total. The Hall–Kier alpha value is -2.79. The average Bonchev–Trinajstić information content (AvgIpc) is 2.54. The van der Waals surface area contributed by atoms with Gasteiger partial charge in [0.1, 0.15) is 11.5 Å². The topological polar surface area (TPSA) is 72.8 Å². The number of halogens is 1. The van der Waals surface area contributed by atoms with Crippen molar-refractivity contribution in [2.75, 3.05) is 7.11 Å². The van der Waals surface area contributed by atoms with Crippen molar-refractivity contribution >= 4 is 35.4 Å². The van der Waals surface area contributed by atoms with Gasteiger partial charge < -0.3 is 14.6 Å². The Morgan fingerprint density at radius 2 is 1.87 bits per heavy atom. The average molecular weight is 331 g/mol. The predicted molar refractivity (Wildman–Crippen MR) is 84.4 cm³/mol. The molecule has 0 radical (unpaired) electrons. The zero-order valence-corrected chi connectivity index (χ0v) is 12.8. The fourth-order valence-corrected chi connectivity index (χ4v) is 2.49. The van der Waals surface area contributed by atoms with Crippen LogP contribution in [0.1, 0.15) is 27.0 Å². The van der Waals surface area contributed by atoms with Gasteiger partial charge in [-0.3, -0.25) is 4.79 Å². The van der Waals surface area contributed by atoms with E-state index in [2.05, 4.69) is 4.74 Å². The zero-order valence-electron chi connectivity index (χ0n) is 12.0. The second-order valence-electron chi connectivity index (χ2n) is 4.83. The maximum absolute atomic E-state index is 12.5. The number of carbonyl (C=O) groups excluding carboxylic acids is 2. The summed E-state index contributed by atoms with van der Waals surface area (Å²) in [6.07, 6.45) is 0.729. The molecule has 1 aliphatic carbocycles. The predicted octanol–water partition coefficient (Wildman–Crippen LogP) is 3.87. The Kier molecular flexibility index (Phi) is 3.80. The third-order valence-corrected chi connectivity index (χ3v) is 3.77. The van der Waals surface area contributed by atoms with E-state index >= 15 is 0 Å². The van der Waals surface area contributed by atoms with Gasteiger partial charge in [-0.1, -0.05) is 23.7 Å². The van der Waals surface area contributed by atoms with E-state index in [1.54, 1.807) is 30.3 Å². The third kappa shape index (κ3) is 2.66. The van der Waals surface area contributed by atoms with E-state index in [9.17, 15) is 14.7 Å². The largest absolute Gasteiger partial charge is 0.513 e. The smallest absolute Gasteiger partial charge is 0.507 e. The monoisotopic (exact) mass is 330 g/mol. The first kappa shape index (κ1) is 15.1. The number of carbonyl (C=O) groups is 2. The van der Waals surface area contributed by atoms with Gasteiger partial charge >= 0.3 is 6.16 Å². The molecular formula is C17H11ClO5. The fourth-order valence-electron chi connectivity index (χ4n) is 2.27. The number of fused-ring (bicyclic) bond motifs is 1. The van der Waals surface area contributed by atoms with Gasteiger partial charge in [0.15, 0.2) is 5.78 Å². The molecule has 23 heavy (non-hydrogen) atoms. The second kappa shape index (κ2) is 5.78. The van der Waals surface area contributed by atoms with Gasteiger partial charge in [0.05, 0.1) is 17.7 Å². The van der Waals surface area contributed by atoms with Crippen LogP contribution in [0.25, 0.3) is 11.8 Å². The third-order valence-electron chi connectivity index (χ3n) is 3.44. The molecule has 0 heterocycles. The summed E-state index contributed by atoms with van der Waals surface area (Å²) in [5, 5.41) is 10.4. The molecule has 0 saturated carbocycles. The highest BCUT2D eigenvalue weighted by Gasteiger charge is 2.26. The van der Waals surface area contributed by atoms with Crippen LogP contribution in [-0.2, 0) is 9.47 Å². The molecule has 0 aromatic heterocycles. The Bertz CT molecular complexity index is 854. The number of hydrogen-bond acceptors (Lipinski definition) is 5. The lowest BCUT2D eigenvalue weighted by atomic mass is 9.90. The van der Waals surface area contributed by atoms with Crippen LogP contribution >= 0.6 is 11.6 Å². The van der Waals surface area contributed by atoms with Crippen molar-refractivity contribution < 1.29 is 24.2 Å². The summed E-state index contributed by atoms with van der Waals surface area (Å²) in [5.41, 5.74) is 1.64. The van der Waals surface area contributed by atoms with Crippen LogP contribution in [-0.4, -0.2) is 24.2 Å². The van der Waals surface area contributed by atoms with E-state index in [1.807, 2.05) is 0 Å². The first-order valence-electron chi connectivity index (χ1n) is 6.65. The van der Waals surface area contributed by atoms with Crippen LogP contribution in [0.15, 0.2) is 36.4 Å². The number of benzene rings is 2. The number of aromatic hydroxyl groups is 1. The number of rotatable bonds is 3. The van der Waals surface area contributed by atoms with Gasteiger partial charge in [-0.2, -0.15) is 0 Å². The van der Waals surface area contributed by atoms with Crippen molar-refractivity contribution in [3.8, 4) is 5.75 Å². The first-order valence-corrected chi connectivity index (χ1v) is 7.03. The fraction of sp³-hybridized carbons (Fsp3) is 0.0588. The van der Waals surface area contributed by atoms with E-state index in [0.717, 1.165) is 0 Å². The van der Waals surface area contributed by atoms with Crippen LogP contribution in [0.3, 0.4) is 0 Å². The molecule has 6 heteroatoms. The molecule has 0 saturated heterocycles. The Balaban J connectivity index is 1.92. The molecule has 0 atom stereocenters. The first-order chi connectivity index (χ1) is 11.0. The van der Waals surface area contributed by atoms with Gasteiger partial charge in [0.25, 0.3) is 0 Å². The van der Waals surface area contributed by atoms with Crippen LogP contribution in [0, 0.1) is 0 Å². The normalized spacial score (nSPS) is 11.8. The number of methoxy groups -OCH3 is 1. The maximum Gasteiger partial charge on any atom is 0.513 e. The van der Waals surface area contributed by atoms with E-state index in [-0.39, 0.29) is 22.9 Å². The zero-order chi connectivity index (χ0) is 16.6. The van der Waals surface area contributed by atoms with Crippen molar-refractivity contribution in [1.29, 1.82) is 0 Å². The molecule has 0 bridgehead atoms. The lowest BCUT2D eigenvalue weighted by molar-refractivity contribution is 0.103. The maximum atomic E-state index is 12.5. The lowest BCUT2D eigenvalue weighted by Crippen LogP contribution is -2.11. The number of ketones is 1. The summed E-state index contributed by atoms with van der Waals surface area (Å²) in [6.45, 7) is 0. The number of phenols is 1. The summed E-state index contributed by atoms with van der Waals surface area (Å²) in [7, 11) is 1.20. The van der Waals surface area contributed by atoms with Gasteiger partial charge in [-0.05, 0) is 35.9 Å². The van der Waals surface area contributed by atoms with Gasteiger partial charge in [-0.15, -0.1) is 0 Å². The molecule has 0 fully saturated rings. The SMILES string of the molecule is COC(=O)OC1=Cc2cc(C(=O)c3ccccc3Cl)c(O)cc21. The minimum absolute atomic E-state index is 0.130. The molecule has 2 aromatic rings. The van der Waals surface area contributed by atoms with Crippen molar-refractivity contribution in [2.45, 2.75) is 0 Å². The minimum atomic E-state index is -0.849. The molecule has 0 spiro atoms. The number of phenolic OH excluding ortho intramolecular Hbond substituents is 1. The van der Waals surface area contributed by atoms with Gasteiger partial charge in [0, 0.05) is 11.1 Å². The highest BCUT2D eigenvalue weighted by atomic mass is 35.5. The van der Waals surface area contributed by atoms with E-state index in [0.29, 0.717) is 21.7 Å². The van der Waals surface area contributed by atoms with Crippen LogP contribution in [0.5, 0.6) is 5.75 Å². The van der Waals surface area contributed by atoms with Crippen LogP contribution in [0.4, 0.5) is 4.79 Å². The summed E-state index contributed by atoms with van der Waals surface area (Å²) < 4.78 is 9.31. The summed E-state index contributed by atoms with van der Waals surface area (Å²) in [5.74, 6) is -0.321. The highest BCUT2D eigenvalue weighted by Crippen LogP contribution is 2.38. The molecule has 1 N–H and O–H groups in total. The highest BCUT2D eigenvalue weighted by molar-refractivity contribution is 6.35. The standard InChI is InChI=1S/C17H11ClO5/c1-22-17(21)23-15-7-9-6-12(14(19)8-11(9)15)16(20)10-4-2-3-5-13(10)18/h2-8,19H,1H3. The summed E-state index contributed by atoms with van der Waals surface area (Å²) >= 11 is 6.02. The Labute approximate surface area is 136 Å².